The van der Waals surface area contributed by atoms with E-state index in [1.165, 1.54) is 0 Å². The molecule has 4 heterocycles. The van der Waals surface area contributed by atoms with Crippen molar-refractivity contribution in [1.29, 1.82) is 0 Å². The van der Waals surface area contributed by atoms with Crippen molar-refractivity contribution >= 4 is 17.8 Å². The van der Waals surface area contributed by atoms with Crippen molar-refractivity contribution in [1.82, 2.24) is 15.1 Å². The Balaban J connectivity index is 1.84. The Hall–Kier alpha value is -2.09. The van der Waals surface area contributed by atoms with E-state index >= 15 is 0 Å². The molecular formula is C36H62N4O8. The first-order valence-electron chi connectivity index (χ1n) is 17.9. The second-order valence-corrected chi connectivity index (χ2v) is 15.2. The molecule has 0 aromatic rings. The molecule has 12 nitrogen and oxygen atoms in total. The van der Waals surface area contributed by atoms with E-state index in [0.29, 0.717) is 51.1 Å². The fourth-order valence-electron chi connectivity index (χ4n) is 8.66. The number of carbonyl (C=O) groups excluding carboxylic acids is 2. The molecule has 12 atom stereocenters. The number of carbonyl (C=O) groups is 2. The van der Waals surface area contributed by atoms with Gasteiger partial charge in [-0.3, -0.25) is 9.89 Å². The Labute approximate surface area is 287 Å². The zero-order valence-corrected chi connectivity index (χ0v) is 31.2. The molecule has 1 unspecified atom stereocenters. The van der Waals surface area contributed by atoms with Gasteiger partial charge in [0.1, 0.15) is 12.2 Å². The van der Waals surface area contributed by atoms with Crippen LogP contribution in [0.5, 0.6) is 0 Å². The van der Waals surface area contributed by atoms with Crippen LogP contribution in [0.2, 0.25) is 0 Å². The van der Waals surface area contributed by atoms with Crippen molar-refractivity contribution in [2.24, 2.45) is 22.7 Å². The average Bonchev–Trinajstić information content (AvgIpc) is 3.14. The van der Waals surface area contributed by atoms with E-state index < -0.39 is 47.9 Å². The highest BCUT2D eigenvalue weighted by Gasteiger charge is 2.60. The molecular weight excluding hydrogens is 616 g/mol. The molecule has 4 aliphatic heterocycles. The number of esters is 1. The largest absolute Gasteiger partial charge is 0.455 e. The van der Waals surface area contributed by atoms with Crippen LogP contribution in [0.15, 0.2) is 16.6 Å². The third-order valence-electron chi connectivity index (χ3n) is 11.0. The molecule has 0 aromatic heterocycles. The maximum absolute atomic E-state index is 13.9. The second kappa shape index (κ2) is 15.9. The van der Waals surface area contributed by atoms with Crippen molar-refractivity contribution in [3.8, 4) is 0 Å². The van der Waals surface area contributed by atoms with Crippen LogP contribution in [0.3, 0.4) is 0 Å². The van der Waals surface area contributed by atoms with Gasteiger partial charge in [0, 0.05) is 42.3 Å². The Bertz CT molecular complexity index is 1200. The monoisotopic (exact) mass is 678 g/mol. The predicted octanol–water partition coefficient (Wildman–Crippen LogP) is 3.80. The lowest BCUT2D eigenvalue weighted by Crippen LogP contribution is -2.59. The molecule has 2 N–H and O–H groups in total. The molecule has 2 bridgehead atoms. The Morgan fingerprint density at radius 1 is 1.19 bits per heavy atom. The number of fused-ring (bicyclic) bond motifs is 1. The highest BCUT2D eigenvalue weighted by atomic mass is 16.7. The molecule has 0 radical (unpaired) electrons. The minimum atomic E-state index is -1.06. The summed E-state index contributed by atoms with van der Waals surface area (Å²) in [5.41, 5.74) is -0.565. The molecule has 2 saturated heterocycles. The molecule has 2 fully saturated rings. The van der Waals surface area contributed by atoms with Crippen LogP contribution >= 0.6 is 0 Å². The molecule has 4 aliphatic rings. The number of aliphatic hydroxyl groups is 1. The van der Waals surface area contributed by atoms with Gasteiger partial charge in [0.2, 0.25) is 0 Å². The van der Waals surface area contributed by atoms with Crippen LogP contribution in [0.1, 0.15) is 81.1 Å². The van der Waals surface area contributed by atoms with Gasteiger partial charge < -0.3 is 39.0 Å². The number of ether oxygens (including phenoxy) is 5. The van der Waals surface area contributed by atoms with Crippen molar-refractivity contribution in [2.75, 3.05) is 47.4 Å². The summed E-state index contributed by atoms with van der Waals surface area (Å²) in [6, 6.07) is -0.525. The van der Waals surface area contributed by atoms with E-state index in [1.807, 2.05) is 66.7 Å². The third-order valence-corrected chi connectivity index (χ3v) is 11.0. The fourth-order valence-corrected chi connectivity index (χ4v) is 8.66. The summed E-state index contributed by atoms with van der Waals surface area (Å²) in [6.45, 7) is 17.9. The smallest absolute Gasteiger partial charge is 0.410 e. The van der Waals surface area contributed by atoms with Gasteiger partial charge >= 0.3 is 12.1 Å². The van der Waals surface area contributed by atoms with E-state index in [9.17, 15) is 14.7 Å². The Morgan fingerprint density at radius 3 is 2.54 bits per heavy atom. The first-order valence-corrected chi connectivity index (χ1v) is 17.9. The lowest BCUT2D eigenvalue weighted by atomic mass is 9.73. The number of aliphatic hydroxyl groups excluding tert-OH is 1. The molecule has 12 heteroatoms. The van der Waals surface area contributed by atoms with Gasteiger partial charge in [0.05, 0.1) is 37.0 Å². The van der Waals surface area contributed by atoms with Gasteiger partial charge in [-0.25, -0.2) is 9.59 Å². The Kier molecular flexibility index (Phi) is 12.8. The van der Waals surface area contributed by atoms with E-state index in [0.717, 1.165) is 12.1 Å². The maximum Gasteiger partial charge on any atom is 0.410 e. The number of nitrogens with zero attached hydrogens (tertiary/aromatic N) is 3. The number of rotatable bonds is 9. The fraction of sp³-hybridized carbons (Fsp3) is 0.861. The summed E-state index contributed by atoms with van der Waals surface area (Å²) in [6.07, 6.45) is 0.774. The summed E-state index contributed by atoms with van der Waals surface area (Å²) < 4.78 is 32.4. The zero-order chi connectivity index (χ0) is 35.6. The van der Waals surface area contributed by atoms with E-state index in [1.54, 1.807) is 11.8 Å². The quantitative estimate of drug-likeness (QED) is 0.274. The minimum Gasteiger partial charge on any atom is -0.455 e. The number of likely N-dealkylation sites (N-methyl/N-ethyl adjacent to an activating group) is 2. The number of hydrogen-bond acceptors (Lipinski definition) is 11. The van der Waals surface area contributed by atoms with Gasteiger partial charge in [0.15, 0.2) is 11.9 Å². The molecule has 0 saturated carbocycles. The van der Waals surface area contributed by atoms with Crippen molar-refractivity contribution in [3.63, 3.8) is 0 Å². The minimum absolute atomic E-state index is 0.0661. The summed E-state index contributed by atoms with van der Waals surface area (Å²) in [4.78, 5) is 36.1. The highest BCUT2D eigenvalue weighted by molar-refractivity contribution is 5.91. The standard InChI is InChI=1S/C36H62N4O8/c1-12-13-27-36(8)30-25(6)28(38-14-16-40(30)34(43)48-36)23(4)20-35(7,44-17-15-37-9)31(21(2)18-22(3)32(42)46-27)47-33-29(41)26(39(10)11)19-24(5)45-33/h18,21,23-27,29-31,33,37,41H,12-17,19-20H2,1-11H3/t21-,23+,24-,25-,26+,27+,29-,30+,31+,33?,35-,36+/m0/s1. The van der Waals surface area contributed by atoms with Gasteiger partial charge in [-0.2, -0.15) is 0 Å². The zero-order valence-electron chi connectivity index (χ0n) is 31.2. The third kappa shape index (κ3) is 7.94. The topological polar surface area (TPSA) is 131 Å². The molecule has 1 amide bonds. The number of cyclic esters (lactones) is 1. The molecule has 0 spiro atoms. The van der Waals surface area contributed by atoms with Crippen LogP contribution < -0.4 is 5.32 Å². The van der Waals surface area contributed by atoms with Gasteiger partial charge in [-0.05, 0) is 74.0 Å². The van der Waals surface area contributed by atoms with Crippen molar-refractivity contribution < 1.29 is 38.4 Å². The molecule has 0 aliphatic carbocycles. The van der Waals surface area contributed by atoms with E-state index in [-0.39, 0.29) is 35.9 Å². The first-order chi connectivity index (χ1) is 22.6. The number of hydrogen-bond donors (Lipinski definition) is 2. The van der Waals surface area contributed by atoms with Crippen molar-refractivity contribution in [2.45, 2.75) is 135 Å². The highest BCUT2D eigenvalue weighted by Crippen LogP contribution is 2.44. The molecule has 0 aromatic carbocycles. The normalized spacial score (nSPS) is 41.2. The maximum atomic E-state index is 13.9. The number of nitrogens with one attached hydrogen (secondary N) is 1. The SMILES string of the molecule is CCC[C@H]1OC(=O)C(C)=C[C@H](C)[C@@H](OC2O[C@@H](C)C[C@@H](N(C)C)[C@@H]2O)[C@@](C)(OCCNC)C[C@@H](C)C2=NCCN3C(=O)O[C@@]1(C)[C@H]3[C@H]2C. The summed E-state index contributed by atoms with van der Waals surface area (Å²) >= 11 is 0. The van der Waals surface area contributed by atoms with Crippen LogP contribution in [0.4, 0.5) is 4.79 Å². The molecule has 274 valence electrons. The lowest BCUT2D eigenvalue weighted by molar-refractivity contribution is -0.296. The predicted molar refractivity (Wildman–Crippen MR) is 184 cm³/mol. The first kappa shape index (κ1) is 38.7. The van der Waals surface area contributed by atoms with Gasteiger partial charge in [-0.15, -0.1) is 0 Å². The van der Waals surface area contributed by atoms with Crippen LogP contribution in [-0.2, 0) is 28.5 Å². The summed E-state index contributed by atoms with van der Waals surface area (Å²) in [7, 11) is 5.78. The lowest BCUT2D eigenvalue weighted by Gasteiger charge is -2.47. The summed E-state index contributed by atoms with van der Waals surface area (Å²) in [5.74, 6) is -1.06. The van der Waals surface area contributed by atoms with Crippen LogP contribution in [-0.4, -0.2) is 134 Å². The number of amides is 1. The van der Waals surface area contributed by atoms with E-state index in [2.05, 4.69) is 19.2 Å². The Morgan fingerprint density at radius 2 is 1.90 bits per heavy atom. The van der Waals surface area contributed by atoms with Gasteiger partial charge in [0.25, 0.3) is 0 Å². The average molecular weight is 679 g/mol. The van der Waals surface area contributed by atoms with Crippen LogP contribution in [0, 0.1) is 17.8 Å². The van der Waals surface area contributed by atoms with Crippen LogP contribution in [0.25, 0.3) is 0 Å². The molecule has 48 heavy (non-hydrogen) atoms. The van der Waals surface area contributed by atoms with Crippen molar-refractivity contribution in [3.05, 3.63) is 11.6 Å². The van der Waals surface area contributed by atoms with Gasteiger partial charge in [-0.1, -0.05) is 40.2 Å². The second-order valence-electron chi connectivity index (χ2n) is 15.2. The summed E-state index contributed by atoms with van der Waals surface area (Å²) in [5, 5.41) is 14.7. The number of aliphatic imine (C=N–C) groups is 1. The van der Waals surface area contributed by atoms with E-state index in [4.69, 9.17) is 28.7 Å². The molecule has 4 rings (SSSR count).